The molecule has 6 nitrogen and oxygen atoms in total. The Hall–Kier alpha value is -3.08. The molecule has 1 heterocycles. The van der Waals surface area contributed by atoms with Gasteiger partial charge in [0.1, 0.15) is 6.61 Å². The number of nitrogens with zero attached hydrogens (tertiary/aromatic N) is 1. The Kier molecular flexibility index (Phi) is 8.73. The predicted octanol–water partition coefficient (Wildman–Crippen LogP) is 6.44. The Morgan fingerprint density at radius 2 is 1.95 bits per heavy atom. The number of aliphatic hydroxyl groups excluding tert-OH is 1. The van der Waals surface area contributed by atoms with Gasteiger partial charge >= 0.3 is 0 Å². The predicted molar refractivity (Wildman–Crippen MR) is 146 cm³/mol. The molecule has 2 aromatic rings. The van der Waals surface area contributed by atoms with Crippen molar-refractivity contribution in [2.75, 3.05) is 6.61 Å². The van der Waals surface area contributed by atoms with Crippen LogP contribution in [0, 0.1) is 17.2 Å². The van der Waals surface area contributed by atoms with E-state index in [2.05, 4.69) is 34.2 Å². The van der Waals surface area contributed by atoms with Gasteiger partial charge in [0.05, 0.1) is 35.2 Å². The second-order valence-electron chi connectivity index (χ2n) is 9.62. The average molecular weight is 566 g/mol. The maximum atomic E-state index is 13.4. The first-order chi connectivity index (χ1) is 17.9. The zero-order valence-corrected chi connectivity index (χ0v) is 23.2. The molecule has 1 aliphatic carbocycles. The van der Waals surface area contributed by atoms with Crippen LogP contribution in [-0.2, 0) is 18.0 Å². The highest BCUT2D eigenvalue weighted by Gasteiger charge is 2.39. The summed E-state index contributed by atoms with van der Waals surface area (Å²) in [5.41, 5.74) is 5.53. The molecule has 2 aromatic carbocycles. The summed E-state index contributed by atoms with van der Waals surface area (Å²) in [5, 5.41) is 22.9. The number of rotatable bonds is 9. The molecule has 0 aromatic heterocycles. The quantitative estimate of drug-likeness (QED) is 0.364. The van der Waals surface area contributed by atoms with Crippen molar-refractivity contribution >= 4 is 21.7 Å². The second-order valence-corrected chi connectivity index (χ2v) is 10.5. The molecule has 4 rings (SSSR count). The van der Waals surface area contributed by atoms with Crippen molar-refractivity contribution in [1.29, 1.82) is 5.26 Å². The molecule has 2 unspecified atom stereocenters. The number of ether oxygens (including phenoxy) is 2. The van der Waals surface area contributed by atoms with E-state index in [-0.39, 0.29) is 12.4 Å². The van der Waals surface area contributed by atoms with Crippen LogP contribution in [0.25, 0.3) is 0 Å². The lowest BCUT2D eigenvalue weighted by molar-refractivity contribution is -0.117. The van der Waals surface area contributed by atoms with Crippen molar-refractivity contribution < 1.29 is 19.4 Å². The molecule has 7 heteroatoms. The summed E-state index contributed by atoms with van der Waals surface area (Å²) in [5.74, 6) is 1.08. The van der Waals surface area contributed by atoms with Gasteiger partial charge in [-0.3, -0.25) is 4.79 Å². The van der Waals surface area contributed by atoms with Gasteiger partial charge in [-0.2, -0.15) is 5.26 Å². The number of carbonyl (C=O) groups is 1. The van der Waals surface area contributed by atoms with Gasteiger partial charge in [0.25, 0.3) is 0 Å². The Morgan fingerprint density at radius 3 is 2.65 bits per heavy atom. The van der Waals surface area contributed by atoms with Crippen molar-refractivity contribution in [3.8, 4) is 17.6 Å². The summed E-state index contributed by atoms with van der Waals surface area (Å²) in [6.07, 6.45) is 3.37. The van der Waals surface area contributed by atoms with E-state index in [9.17, 15) is 15.2 Å². The first-order valence-corrected chi connectivity index (χ1v) is 13.6. The Bertz CT molecular complexity index is 1290. The fourth-order valence-corrected chi connectivity index (χ4v) is 5.92. The van der Waals surface area contributed by atoms with E-state index in [4.69, 9.17) is 9.47 Å². The molecule has 0 radical (unpaired) electrons. The van der Waals surface area contributed by atoms with E-state index in [1.807, 2.05) is 50.2 Å². The largest absolute Gasteiger partial charge is 0.490 e. The minimum Gasteiger partial charge on any atom is -0.490 e. The average Bonchev–Trinajstić information content (AvgIpc) is 2.87. The minimum absolute atomic E-state index is 0.0312. The first-order valence-electron chi connectivity index (χ1n) is 12.8. The molecule has 0 saturated heterocycles. The van der Waals surface area contributed by atoms with E-state index < -0.39 is 5.92 Å². The van der Waals surface area contributed by atoms with Crippen LogP contribution in [0.2, 0.25) is 0 Å². The van der Waals surface area contributed by atoms with Gasteiger partial charge in [-0.05, 0) is 77.4 Å². The zero-order valence-electron chi connectivity index (χ0n) is 21.6. The minimum atomic E-state index is -0.456. The van der Waals surface area contributed by atoms with Crippen molar-refractivity contribution in [1.82, 2.24) is 5.32 Å². The van der Waals surface area contributed by atoms with Crippen LogP contribution in [0.4, 0.5) is 0 Å². The second kappa shape index (κ2) is 12.0. The van der Waals surface area contributed by atoms with Gasteiger partial charge in [-0.25, -0.2) is 0 Å². The summed E-state index contributed by atoms with van der Waals surface area (Å²) in [7, 11) is 0. The number of Topliss-reactive ketones (excluding diaryl/α,β-unsaturated/α-hetero) is 1. The molecule has 0 saturated carbocycles. The van der Waals surface area contributed by atoms with Crippen LogP contribution in [0.15, 0.2) is 63.4 Å². The molecule has 37 heavy (non-hydrogen) atoms. The van der Waals surface area contributed by atoms with Crippen LogP contribution in [0.1, 0.15) is 69.1 Å². The smallest absolute Gasteiger partial charge is 0.175 e. The van der Waals surface area contributed by atoms with Gasteiger partial charge in [-0.15, -0.1) is 0 Å². The number of hydrogen-bond donors (Lipinski definition) is 2. The first kappa shape index (κ1) is 27.0. The highest BCUT2D eigenvalue weighted by atomic mass is 79.9. The highest BCUT2D eigenvalue weighted by molar-refractivity contribution is 9.10. The number of ketones is 1. The van der Waals surface area contributed by atoms with Crippen LogP contribution in [0.3, 0.4) is 0 Å². The number of halogens is 1. The van der Waals surface area contributed by atoms with Gasteiger partial charge in [-0.1, -0.05) is 37.6 Å². The van der Waals surface area contributed by atoms with Gasteiger partial charge in [0, 0.05) is 23.4 Å². The van der Waals surface area contributed by atoms with Crippen molar-refractivity contribution in [2.45, 2.75) is 65.6 Å². The number of hydrogen-bond acceptors (Lipinski definition) is 6. The van der Waals surface area contributed by atoms with Gasteiger partial charge in [0.15, 0.2) is 17.3 Å². The Labute approximate surface area is 227 Å². The van der Waals surface area contributed by atoms with Crippen LogP contribution in [0.5, 0.6) is 11.5 Å². The molecule has 1 aliphatic heterocycles. The number of aliphatic hydroxyl groups is 1. The Balaban J connectivity index is 1.73. The topological polar surface area (TPSA) is 91.6 Å². The molecular weight excluding hydrogens is 532 g/mol. The van der Waals surface area contributed by atoms with E-state index in [0.29, 0.717) is 52.7 Å². The number of dihydropyridines is 1. The summed E-state index contributed by atoms with van der Waals surface area (Å²) >= 11 is 3.67. The molecule has 0 amide bonds. The van der Waals surface area contributed by atoms with Crippen LogP contribution < -0.4 is 14.8 Å². The third kappa shape index (κ3) is 5.76. The Morgan fingerprint density at radius 1 is 1.16 bits per heavy atom. The molecular formula is C30H33BrN2O4. The zero-order chi connectivity index (χ0) is 26.5. The number of allylic oxidation sites excluding steroid dienone is 4. The molecule has 0 fully saturated rings. The van der Waals surface area contributed by atoms with E-state index in [1.54, 1.807) is 0 Å². The number of nitrogens with one attached hydrogen (secondary N) is 1. The van der Waals surface area contributed by atoms with Crippen LogP contribution >= 0.6 is 15.9 Å². The number of benzene rings is 2. The summed E-state index contributed by atoms with van der Waals surface area (Å²) in [6.45, 7) is 6.66. The molecule has 0 spiro atoms. The molecule has 2 N–H and O–H groups in total. The third-order valence-corrected chi connectivity index (χ3v) is 7.54. The molecule has 2 aliphatic rings. The standard InChI is InChI=1S/C30H33BrN2O4/c1-4-7-19-11-25-29(26(35)12-19)28(23(15-32)18(3)33-25)22-13-24(31)30(27(14-22)36-5-2)37-17-21-9-6-8-20(10-21)16-34/h6,8-10,13-14,19,28,33-34H,4-5,7,11-12,16-17H2,1-3H3. The SMILES string of the molecule is CCCC1CC(=O)C2=C(C1)NC(C)=C(C#N)C2c1cc(Br)c(OCc2cccc(CO)c2)c(OCC)c1. The highest BCUT2D eigenvalue weighted by Crippen LogP contribution is 2.47. The summed E-state index contributed by atoms with van der Waals surface area (Å²) < 4.78 is 12.8. The van der Waals surface area contributed by atoms with Gasteiger partial charge in [0.2, 0.25) is 0 Å². The van der Waals surface area contributed by atoms with Gasteiger partial charge < -0.3 is 19.9 Å². The van der Waals surface area contributed by atoms with Crippen LogP contribution in [-0.4, -0.2) is 17.5 Å². The molecule has 0 bridgehead atoms. The monoisotopic (exact) mass is 564 g/mol. The lowest BCUT2D eigenvalue weighted by Crippen LogP contribution is -2.34. The fourth-order valence-electron chi connectivity index (χ4n) is 5.34. The van der Waals surface area contributed by atoms with Crippen molar-refractivity contribution in [3.05, 3.63) is 80.1 Å². The molecule has 194 valence electrons. The maximum absolute atomic E-state index is 13.4. The third-order valence-electron chi connectivity index (χ3n) is 6.95. The van der Waals surface area contributed by atoms with E-state index in [1.165, 1.54) is 0 Å². The lowest BCUT2D eigenvalue weighted by Gasteiger charge is -2.35. The van der Waals surface area contributed by atoms with E-state index in [0.717, 1.165) is 47.3 Å². The van der Waals surface area contributed by atoms with Crippen molar-refractivity contribution in [3.63, 3.8) is 0 Å². The summed E-state index contributed by atoms with van der Waals surface area (Å²) in [6, 6.07) is 13.8. The van der Waals surface area contributed by atoms with E-state index >= 15 is 0 Å². The van der Waals surface area contributed by atoms with Crippen molar-refractivity contribution in [2.24, 2.45) is 5.92 Å². The maximum Gasteiger partial charge on any atom is 0.175 e. The fraction of sp³-hybridized carbons (Fsp3) is 0.400. The molecule has 2 atom stereocenters. The summed E-state index contributed by atoms with van der Waals surface area (Å²) in [4.78, 5) is 13.4. The number of nitriles is 1. The number of carbonyl (C=O) groups excluding carboxylic acids is 1. The lowest BCUT2D eigenvalue weighted by atomic mass is 9.72. The normalized spacial score (nSPS) is 19.3.